The van der Waals surface area contributed by atoms with Crippen LogP contribution in [0.1, 0.15) is 17.2 Å². The van der Waals surface area contributed by atoms with Crippen molar-refractivity contribution >= 4 is 9.84 Å². The first kappa shape index (κ1) is 14.9. The zero-order valence-electron chi connectivity index (χ0n) is 9.53. The van der Waals surface area contributed by atoms with Crippen LogP contribution in [0.4, 0.5) is 13.2 Å². The van der Waals surface area contributed by atoms with Crippen LogP contribution in [-0.2, 0) is 16.0 Å². The average Bonchev–Trinajstić information content (AvgIpc) is 2.23. The molecule has 1 atom stereocenters. The highest BCUT2D eigenvalue weighted by Crippen LogP contribution is 2.30. The summed E-state index contributed by atoms with van der Waals surface area (Å²) < 4.78 is 59.8. The van der Waals surface area contributed by atoms with Gasteiger partial charge in [0, 0.05) is 6.26 Å². The molecule has 0 bridgehead atoms. The Kier molecular flexibility index (Phi) is 4.36. The van der Waals surface area contributed by atoms with E-state index in [0.717, 1.165) is 18.4 Å². The van der Waals surface area contributed by atoms with Gasteiger partial charge in [-0.15, -0.1) is 0 Å². The minimum absolute atomic E-state index is 0.178. The fourth-order valence-electron chi connectivity index (χ4n) is 1.48. The predicted octanol–water partition coefficient (Wildman–Crippen LogP) is 1.25. The molecule has 0 fully saturated rings. The van der Waals surface area contributed by atoms with Crippen molar-refractivity contribution in [2.24, 2.45) is 5.84 Å². The van der Waals surface area contributed by atoms with Crippen molar-refractivity contribution in [2.45, 2.75) is 12.2 Å². The van der Waals surface area contributed by atoms with Gasteiger partial charge < -0.3 is 0 Å². The lowest BCUT2D eigenvalue weighted by molar-refractivity contribution is -0.137. The molecule has 0 amide bonds. The Morgan fingerprint density at radius 2 is 2.00 bits per heavy atom. The van der Waals surface area contributed by atoms with Crippen LogP contribution in [0.25, 0.3) is 0 Å². The van der Waals surface area contributed by atoms with Crippen LogP contribution in [0, 0.1) is 0 Å². The molecule has 18 heavy (non-hydrogen) atoms. The average molecular weight is 282 g/mol. The molecule has 1 unspecified atom stereocenters. The zero-order valence-corrected chi connectivity index (χ0v) is 10.3. The van der Waals surface area contributed by atoms with Crippen molar-refractivity contribution in [1.29, 1.82) is 0 Å². The highest BCUT2D eigenvalue weighted by Gasteiger charge is 2.31. The summed E-state index contributed by atoms with van der Waals surface area (Å²) in [4.78, 5) is 0. The van der Waals surface area contributed by atoms with E-state index in [1.54, 1.807) is 0 Å². The fraction of sp³-hybridized carbons (Fsp3) is 0.400. The van der Waals surface area contributed by atoms with Crippen LogP contribution in [-0.4, -0.2) is 20.4 Å². The highest BCUT2D eigenvalue weighted by molar-refractivity contribution is 7.90. The first-order valence-electron chi connectivity index (χ1n) is 4.94. The van der Waals surface area contributed by atoms with E-state index in [1.165, 1.54) is 12.1 Å². The Balaban J connectivity index is 3.08. The first-order valence-corrected chi connectivity index (χ1v) is 7.00. The fourth-order valence-corrected chi connectivity index (χ4v) is 2.37. The minimum atomic E-state index is -4.47. The maximum absolute atomic E-state index is 12.5. The molecule has 0 saturated carbocycles. The molecule has 102 valence electrons. The minimum Gasteiger partial charge on any atom is -0.271 e. The summed E-state index contributed by atoms with van der Waals surface area (Å²) in [7, 11) is -3.36. The summed E-state index contributed by atoms with van der Waals surface area (Å²) in [5.41, 5.74) is 1.55. The molecule has 0 aliphatic rings. The normalized spacial score (nSPS) is 14.5. The molecule has 8 heteroatoms. The van der Waals surface area contributed by atoms with Gasteiger partial charge in [-0.1, -0.05) is 12.1 Å². The molecule has 0 heterocycles. The molecule has 3 N–H and O–H groups in total. The van der Waals surface area contributed by atoms with Gasteiger partial charge in [0.1, 0.15) is 9.84 Å². The number of halogens is 3. The van der Waals surface area contributed by atoms with Gasteiger partial charge in [0.15, 0.2) is 0 Å². The molecule has 0 aliphatic carbocycles. The monoisotopic (exact) mass is 282 g/mol. The number of sulfone groups is 1. The van der Waals surface area contributed by atoms with Crippen LogP contribution in [0.3, 0.4) is 0 Å². The Bertz CT molecular complexity index is 514. The lowest BCUT2D eigenvalue weighted by atomic mass is 10.1. The van der Waals surface area contributed by atoms with Gasteiger partial charge in [0.05, 0.1) is 17.4 Å². The Morgan fingerprint density at radius 1 is 1.39 bits per heavy atom. The van der Waals surface area contributed by atoms with Gasteiger partial charge in [-0.05, 0) is 17.7 Å². The second kappa shape index (κ2) is 5.25. The largest absolute Gasteiger partial charge is 0.416 e. The second-order valence-corrected chi connectivity index (χ2v) is 6.12. The number of hydrogen-bond acceptors (Lipinski definition) is 4. The molecule has 1 aromatic rings. The molecular weight excluding hydrogens is 269 g/mol. The summed E-state index contributed by atoms with van der Waals surface area (Å²) in [6, 6.07) is 3.53. The van der Waals surface area contributed by atoms with Crippen molar-refractivity contribution in [3.8, 4) is 0 Å². The van der Waals surface area contributed by atoms with E-state index in [0.29, 0.717) is 0 Å². The maximum atomic E-state index is 12.5. The van der Waals surface area contributed by atoms with E-state index in [2.05, 4.69) is 5.43 Å². The standard InChI is InChI=1S/C10H13F3N2O2S/c1-18(16,17)6-9(15-14)7-3-2-4-8(5-7)10(11,12)13/h2-5,9,15H,6,14H2,1H3. The molecule has 0 aliphatic heterocycles. The third kappa shape index (κ3) is 4.28. The molecule has 1 aromatic carbocycles. The lowest BCUT2D eigenvalue weighted by Gasteiger charge is -2.16. The molecule has 0 spiro atoms. The molecule has 1 rings (SSSR count). The number of hydrazine groups is 1. The SMILES string of the molecule is CS(=O)(=O)CC(NN)c1cccc(C(F)(F)F)c1. The summed E-state index contributed by atoms with van der Waals surface area (Å²) in [6.45, 7) is 0. The number of hydrogen-bond donors (Lipinski definition) is 2. The van der Waals surface area contributed by atoms with Crippen LogP contribution < -0.4 is 11.3 Å². The Hall–Kier alpha value is -1.12. The summed E-state index contributed by atoms with van der Waals surface area (Å²) in [5.74, 6) is 4.81. The van der Waals surface area contributed by atoms with Crippen LogP contribution in [0.5, 0.6) is 0 Å². The van der Waals surface area contributed by atoms with Crippen molar-refractivity contribution in [3.63, 3.8) is 0 Å². The van der Waals surface area contributed by atoms with E-state index >= 15 is 0 Å². The number of alkyl halides is 3. The van der Waals surface area contributed by atoms with E-state index in [9.17, 15) is 21.6 Å². The topological polar surface area (TPSA) is 72.2 Å². The van der Waals surface area contributed by atoms with Crippen LogP contribution in [0.2, 0.25) is 0 Å². The number of nitrogens with one attached hydrogen (secondary N) is 1. The van der Waals surface area contributed by atoms with E-state index in [-0.39, 0.29) is 11.3 Å². The van der Waals surface area contributed by atoms with E-state index in [4.69, 9.17) is 5.84 Å². The highest BCUT2D eigenvalue weighted by atomic mass is 32.2. The smallest absolute Gasteiger partial charge is 0.271 e. The first-order chi connectivity index (χ1) is 8.13. The second-order valence-electron chi connectivity index (χ2n) is 3.93. The third-order valence-electron chi connectivity index (χ3n) is 2.29. The molecule has 0 radical (unpaired) electrons. The number of benzene rings is 1. The predicted molar refractivity (Wildman–Crippen MR) is 61.2 cm³/mol. The Morgan fingerprint density at radius 3 is 2.44 bits per heavy atom. The quantitative estimate of drug-likeness (QED) is 0.644. The molecular formula is C10H13F3N2O2S. The van der Waals surface area contributed by atoms with Crippen LogP contribution >= 0.6 is 0 Å². The van der Waals surface area contributed by atoms with E-state index < -0.39 is 27.6 Å². The number of rotatable bonds is 4. The summed E-state index contributed by atoms with van der Waals surface area (Å²) >= 11 is 0. The lowest BCUT2D eigenvalue weighted by Crippen LogP contribution is -2.33. The van der Waals surface area contributed by atoms with Crippen molar-refractivity contribution < 1.29 is 21.6 Å². The van der Waals surface area contributed by atoms with Gasteiger partial charge in [-0.2, -0.15) is 13.2 Å². The van der Waals surface area contributed by atoms with Crippen molar-refractivity contribution in [2.75, 3.05) is 12.0 Å². The van der Waals surface area contributed by atoms with Gasteiger partial charge in [-0.3, -0.25) is 11.3 Å². The van der Waals surface area contributed by atoms with Gasteiger partial charge in [0.2, 0.25) is 0 Å². The van der Waals surface area contributed by atoms with Gasteiger partial charge in [0.25, 0.3) is 0 Å². The van der Waals surface area contributed by atoms with Crippen molar-refractivity contribution in [3.05, 3.63) is 35.4 Å². The number of nitrogens with two attached hydrogens (primary N) is 1. The maximum Gasteiger partial charge on any atom is 0.416 e. The van der Waals surface area contributed by atoms with E-state index in [1.807, 2.05) is 0 Å². The summed E-state index contributed by atoms with van der Waals surface area (Å²) in [5, 5.41) is 0. The summed E-state index contributed by atoms with van der Waals surface area (Å²) in [6.07, 6.45) is -3.48. The third-order valence-corrected chi connectivity index (χ3v) is 3.23. The van der Waals surface area contributed by atoms with Crippen molar-refractivity contribution in [1.82, 2.24) is 5.43 Å². The molecule has 0 aromatic heterocycles. The van der Waals surface area contributed by atoms with Gasteiger partial charge in [-0.25, -0.2) is 8.42 Å². The molecule has 0 saturated heterocycles. The van der Waals surface area contributed by atoms with Crippen LogP contribution in [0.15, 0.2) is 24.3 Å². The van der Waals surface area contributed by atoms with Gasteiger partial charge >= 0.3 is 6.18 Å². The zero-order chi connectivity index (χ0) is 14.0. The molecule has 4 nitrogen and oxygen atoms in total. The Labute approximate surface area is 103 Å².